The molecule has 7 nitrogen and oxygen atoms in total. The van der Waals surface area contributed by atoms with Gasteiger partial charge >= 0.3 is 0 Å². The van der Waals surface area contributed by atoms with Gasteiger partial charge in [0.15, 0.2) is 0 Å². The molecular formula is C19H14N4O3. The van der Waals surface area contributed by atoms with Crippen LogP contribution in [0.4, 0.5) is 17.1 Å². The van der Waals surface area contributed by atoms with E-state index in [-0.39, 0.29) is 11.2 Å². The summed E-state index contributed by atoms with van der Waals surface area (Å²) in [5.41, 5.74) is 2.85. The summed E-state index contributed by atoms with van der Waals surface area (Å²) in [5, 5.41) is 15.1. The maximum absolute atomic E-state index is 12.4. The van der Waals surface area contributed by atoms with Crippen LogP contribution in [-0.2, 0) is 0 Å². The number of hydrogen-bond donors (Lipinski definition) is 3. The van der Waals surface area contributed by atoms with E-state index in [2.05, 4.69) is 15.3 Å². The Morgan fingerprint density at radius 3 is 2.65 bits per heavy atom. The number of fused-ring (bicyclic) bond motifs is 1. The second-order valence-electron chi connectivity index (χ2n) is 5.77. The number of para-hydroxylation sites is 2. The van der Waals surface area contributed by atoms with Crippen LogP contribution in [0, 0.1) is 10.1 Å². The molecule has 0 aliphatic rings. The molecule has 0 aliphatic carbocycles. The molecule has 7 heteroatoms. The van der Waals surface area contributed by atoms with Gasteiger partial charge in [0.05, 0.1) is 10.6 Å². The number of rotatable bonds is 4. The highest BCUT2D eigenvalue weighted by Gasteiger charge is 2.14. The van der Waals surface area contributed by atoms with Crippen LogP contribution in [0.15, 0.2) is 71.8 Å². The molecule has 128 valence electrons. The van der Waals surface area contributed by atoms with E-state index in [0.717, 1.165) is 16.5 Å². The van der Waals surface area contributed by atoms with E-state index in [0.29, 0.717) is 16.9 Å². The van der Waals surface area contributed by atoms with Crippen LogP contribution in [0.2, 0.25) is 0 Å². The topological polar surface area (TPSA) is 104 Å². The quantitative estimate of drug-likeness (QED) is 0.381. The molecule has 0 unspecified atom stereocenters. The third kappa shape index (κ3) is 2.71. The molecule has 0 radical (unpaired) electrons. The first-order valence-corrected chi connectivity index (χ1v) is 7.93. The van der Waals surface area contributed by atoms with Crippen molar-refractivity contribution in [3.05, 3.63) is 87.5 Å². The number of benzene rings is 2. The first kappa shape index (κ1) is 15.6. The second-order valence-corrected chi connectivity index (χ2v) is 5.77. The zero-order valence-electron chi connectivity index (χ0n) is 13.5. The smallest absolute Gasteiger partial charge is 0.292 e. The minimum absolute atomic E-state index is 0.0343. The van der Waals surface area contributed by atoms with Gasteiger partial charge in [-0.3, -0.25) is 14.9 Å². The standard InChI is InChI=1S/C19H14N4O3/c24-19-15(13-4-3-6-16-14(13)8-9-20-16)10-12(11-21-19)22-17-5-1-2-7-18(17)23(25)26/h1-11,20,22H,(H,21,24). The summed E-state index contributed by atoms with van der Waals surface area (Å²) in [6.07, 6.45) is 3.32. The maximum atomic E-state index is 12.4. The molecule has 0 saturated carbocycles. The molecule has 0 aliphatic heterocycles. The van der Waals surface area contributed by atoms with Crippen LogP contribution >= 0.6 is 0 Å². The van der Waals surface area contributed by atoms with Crippen LogP contribution in [0.25, 0.3) is 22.0 Å². The van der Waals surface area contributed by atoms with E-state index >= 15 is 0 Å². The van der Waals surface area contributed by atoms with Crippen LogP contribution in [0.1, 0.15) is 0 Å². The van der Waals surface area contributed by atoms with Crippen molar-refractivity contribution in [2.45, 2.75) is 0 Å². The molecule has 4 rings (SSSR count). The molecule has 3 N–H and O–H groups in total. The maximum Gasteiger partial charge on any atom is 0.292 e. The van der Waals surface area contributed by atoms with Gasteiger partial charge in [-0.25, -0.2) is 0 Å². The predicted molar refractivity (Wildman–Crippen MR) is 101 cm³/mol. The number of pyridine rings is 1. The lowest BCUT2D eigenvalue weighted by Crippen LogP contribution is -2.09. The number of aromatic nitrogens is 2. The molecule has 0 amide bonds. The average Bonchev–Trinajstić information content (AvgIpc) is 3.12. The van der Waals surface area contributed by atoms with Gasteiger partial charge in [0.2, 0.25) is 0 Å². The molecule has 4 aromatic rings. The van der Waals surface area contributed by atoms with E-state index in [1.54, 1.807) is 24.3 Å². The van der Waals surface area contributed by atoms with E-state index in [4.69, 9.17) is 0 Å². The number of nitrogens with one attached hydrogen (secondary N) is 3. The second kappa shape index (κ2) is 6.21. The van der Waals surface area contributed by atoms with Crippen LogP contribution in [0.5, 0.6) is 0 Å². The van der Waals surface area contributed by atoms with Crippen LogP contribution in [-0.4, -0.2) is 14.9 Å². The fraction of sp³-hybridized carbons (Fsp3) is 0. The summed E-state index contributed by atoms with van der Waals surface area (Å²) in [4.78, 5) is 28.9. The van der Waals surface area contributed by atoms with Gasteiger partial charge in [-0.15, -0.1) is 0 Å². The number of aromatic amines is 2. The van der Waals surface area contributed by atoms with Crippen molar-refractivity contribution in [2.24, 2.45) is 0 Å². The summed E-state index contributed by atoms with van der Waals surface area (Å²) in [7, 11) is 0. The van der Waals surface area contributed by atoms with Crippen LogP contribution < -0.4 is 10.9 Å². The van der Waals surface area contributed by atoms with Crippen molar-refractivity contribution < 1.29 is 4.92 Å². The monoisotopic (exact) mass is 346 g/mol. The molecule has 0 saturated heterocycles. The zero-order valence-corrected chi connectivity index (χ0v) is 13.5. The summed E-state index contributed by atoms with van der Waals surface area (Å²) >= 11 is 0. The first-order chi connectivity index (χ1) is 12.6. The zero-order chi connectivity index (χ0) is 18.1. The lowest BCUT2D eigenvalue weighted by Gasteiger charge is -2.09. The first-order valence-electron chi connectivity index (χ1n) is 7.93. The van der Waals surface area contributed by atoms with Gasteiger partial charge in [-0.1, -0.05) is 24.3 Å². The van der Waals surface area contributed by atoms with Gasteiger partial charge < -0.3 is 15.3 Å². The third-order valence-corrected chi connectivity index (χ3v) is 4.17. The SMILES string of the molecule is O=c1[nH]cc(Nc2ccccc2[N+](=O)[O-])cc1-c1cccc2[nH]ccc12. The van der Waals surface area contributed by atoms with E-state index in [1.807, 2.05) is 30.5 Å². The fourth-order valence-corrected chi connectivity index (χ4v) is 2.97. The third-order valence-electron chi connectivity index (χ3n) is 4.17. The Morgan fingerprint density at radius 2 is 1.81 bits per heavy atom. The molecule has 0 bridgehead atoms. The predicted octanol–water partition coefficient (Wildman–Crippen LogP) is 4.18. The molecule has 0 atom stereocenters. The molecule has 26 heavy (non-hydrogen) atoms. The molecule has 0 fully saturated rings. The van der Waals surface area contributed by atoms with Crippen molar-refractivity contribution in [2.75, 3.05) is 5.32 Å². The van der Waals surface area contributed by atoms with Crippen molar-refractivity contribution in [1.29, 1.82) is 0 Å². The number of nitro benzene ring substituents is 1. The minimum Gasteiger partial charge on any atom is -0.361 e. The highest BCUT2D eigenvalue weighted by Crippen LogP contribution is 2.30. The van der Waals surface area contributed by atoms with Gasteiger partial charge in [0, 0.05) is 34.9 Å². The van der Waals surface area contributed by atoms with E-state index < -0.39 is 4.92 Å². The van der Waals surface area contributed by atoms with Gasteiger partial charge in [-0.2, -0.15) is 0 Å². The van der Waals surface area contributed by atoms with Gasteiger partial charge in [0.25, 0.3) is 11.2 Å². The van der Waals surface area contributed by atoms with Gasteiger partial charge in [0.1, 0.15) is 5.69 Å². The lowest BCUT2D eigenvalue weighted by atomic mass is 10.0. The van der Waals surface area contributed by atoms with Crippen LogP contribution in [0.3, 0.4) is 0 Å². The Bertz CT molecular complexity index is 1180. The number of anilines is 2. The molecule has 2 aromatic carbocycles. The Morgan fingerprint density at radius 1 is 0.962 bits per heavy atom. The minimum atomic E-state index is -0.449. The lowest BCUT2D eigenvalue weighted by molar-refractivity contribution is -0.383. The molecule has 0 spiro atoms. The molecule has 2 heterocycles. The van der Waals surface area contributed by atoms with Crippen molar-refractivity contribution >= 4 is 28.0 Å². The number of hydrogen-bond acceptors (Lipinski definition) is 4. The fourth-order valence-electron chi connectivity index (χ4n) is 2.97. The Labute approximate surface area is 147 Å². The van der Waals surface area contributed by atoms with Gasteiger partial charge in [-0.05, 0) is 29.8 Å². The van der Waals surface area contributed by atoms with Crippen molar-refractivity contribution in [3.63, 3.8) is 0 Å². The number of H-pyrrole nitrogens is 2. The number of nitro groups is 1. The van der Waals surface area contributed by atoms with Crippen molar-refractivity contribution in [1.82, 2.24) is 9.97 Å². The average molecular weight is 346 g/mol. The molecular weight excluding hydrogens is 332 g/mol. The Hall–Kier alpha value is -3.87. The summed E-state index contributed by atoms with van der Waals surface area (Å²) in [5.74, 6) is 0. The highest BCUT2D eigenvalue weighted by molar-refractivity contribution is 5.95. The highest BCUT2D eigenvalue weighted by atomic mass is 16.6. The largest absolute Gasteiger partial charge is 0.361 e. The Kier molecular flexibility index (Phi) is 3.74. The Balaban J connectivity index is 1.80. The summed E-state index contributed by atoms with van der Waals surface area (Å²) < 4.78 is 0. The summed E-state index contributed by atoms with van der Waals surface area (Å²) in [6, 6.07) is 15.6. The molecule has 2 aromatic heterocycles. The number of nitrogens with zero attached hydrogens (tertiary/aromatic N) is 1. The van der Waals surface area contributed by atoms with E-state index in [9.17, 15) is 14.9 Å². The summed E-state index contributed by atoms with van der Waals surface area (Å²) in [6.45, 7) is 0. The van der Waals surface area contributed by atoms with E-state index in [1.165, 1.54) is 12.3 Å². The normalized spacial score (nSPS) is 10.8. The van der Waals surface area contributed by atoms with Crippen molar-refractivity contribution in [3.8, 4) is 11.1 Å².